The number of benzene rings is 1. The summed E-state index contributed by atoms with van der Waals surface area (Å²) in [7, 11) is 1.30. The van der Waals surface area contributed by atoms with Crippen LogP contribution in [0.1, 0.15) is 18.4 Å². The van der Waals surface area contributed by atoms with E-state index in [1.54, 1.807) is 0 Å². The van der Waals surface area contributed by atoms with E-state index in [9.17, 15) is 8.78 Å². The Morgan fingerprint density at radius 2 is 2.11 bits per heavy atom. The lowest BCUT2D eigenvalue weighted by Gasteiger charge is -2.10. The number of hydrogen-bond acceptors (Lipinski definition) is 3. The second kappa shape index (κ2) is 5.54. The molecule has 0 atom stereocenters. The maximum absolute atomic E-state index is 13.6. The average molecular weight is 266 g/mol. The van der Waals surface area contributed by atoms with Gasteiger partial charge in [-0.15, -0.1) is 0 Å². The van der Waals surface area contributed by atoms with Crippen LogP contribution in [0, 0.1) is 28.4 Å². The highest BCUT2D eigenvalue weighted by atomic mass is 19.1. The third-order valence-corrected chi connectivity index (χ3v) is 3.45. The molecule has 0 amide bonds. The van der Waals surface area contributed by atoms with Gasteiger partial charge in [0.15, 0.2) is 11.6 Å². The van der Waals surface area contributed by atoms with Gasteiger partial charge in [0.05, 0.1) is 18.6 Å². The van der Waals surface area contributed by atoms with Crippen LogP contribution in [0.3, 0.4) is 0 Å². The minimum absolute atomic E-state index is 0.0874. The molecule has 0 saturated heterocycles. The van der Waals surface area contributed by atoms with Crippen LogP contribution in [0.5, 0.6) is 5.75 Å². The standard InChI is InChI=1S/C14H16F2N2O/c1-19-13-7-11(15)10(6-12(13)16)2-5-18-9-14(8-17)3-4-14/h6-7,18H,2-5,9H2,1H3. The van der Waals surface area contributed by atoms with Gasteiger partial charge in [0.1, 0.15) is 5.82 Å². The second-order valence-corrected chi connectivity index (χ2v) is 4.90. The molecule has 0 unspecified atom stereocenters. The second-order valence-electron chi connectivity index (χ2n) is 4.90. The van der Waals surface area contributed by atoms with E-state index in [0.717, 1.165) is 25.0 Å². The van der Waals surface area contributed by atoms with E-state index in [2.05, 4.69) is 11.4 Å². The summed E-state index contributed by atoms with van der Waals surface area (Å²) in [5.74, 6) is -1.12. The molecule has 1 N–H and O–H groups in total. The smallest absolute Gasteiger partial charge is 0.165 e. The third-order valence-electron chi connectivity index (χ3n) is 3.45. The summed E-state index contributed by atoms with van der Waals surface area (Å²) in [4.78, 5) is 0. The van der Waals surface area contributed by atoms with E-state index in [1.807, 2.05) is 0 Å². The van der Waals surface area contributed by atoms with Crippen LogP contribution in [0.4, 0.5) is 8.78 Å². The number of halogens is 2. The first-order valence-electron chi connectivity index (χ1n) is 6.24. The number of nitriles is 1. The summed E-state index contributed by atoms with van der Waals surface area (Å²) in [5.41, 5.74) is 0.0940. The van der Waals surface area contributed by atoms with Crippen molar-refractivity contribution in [2.24, 2.45) is 5.41 Å². The largest absolute Gasteiger partial charge is 0.494 e. The van der Waals surface area contributed by atoms with Crippen LogP contribution in [0.2, 0.25) is 0 Å². The van der Waals surface area contributed by atoms with Crippen molar-refractivity contribution in [2.45, 2.75) is 19.3 Å². The molecule has 0 radical (unpaired) electrons. The summed E-state index contributed by atoms with van der Waals surface area (Å²) in [5, 5.41) is 12.0. The van der Waals surface area contributed by atoms with Crippen LogP contribution in [0.15, 0.2) is 12.1 Å². The predicted octanol–water partition coefficient (Wildman–Crippen LogP) is 2.41. The fourth-order valence-electron chi connectivity index (χ4n) is 1.95. The SMILES string of the molecule is COc1cc(F)c(CCNCC2(C#N)CC2)cc1F. The number of hydrogen-bond donors (Lipinski definition) is 1. The molecule has 19 heavy (non-hydrogen) atoms. The summed E-state index contributed by atoms with van der Waals surface area (Å²) in [6, 6.07) is 4.49. The van der Waals surface area contributed by atoms with Gasteiger partial charge in [0, 0.05) is 12.6 Å². The Balaban J connectivity index is 1.86. The van der Waals surface area contributed by atoms with Gasteiger partial charge in [0.2, 0.25) is 0 Å². The van der Waals surface area contributed by atoms with E-state index in [0.29, 0.717) is 25.1 Å². The Labute approximate surface area is 111 Å². The molecule has 0 heterocycles. The molecule has 5 heteroatoms. The van der Waals surface area contributed by atoms with Crippen molar-refractivity contribution in [2.75, 3.05) is 20.2 Å². The molecular formula is C14H16F2N2O. The van der Waals surface area contributed by atoms with Gasteiger partial charge in [-0.1, -0.05) is 0 Å². The molecular weight excluding hydrogens is 250 g/mol. The van der Waals surface area contributed by atoms with Crippen LogP contribution in [-0.4, -0.2) is 20.2 Å². The fraction of sp³-hybridized carbons (Fsp3) is 0.500. The van der Waals surface area contributed by atoms with E-state index >= 15 is 0 Å². The first-order chi connectivity index (χ1) is 9.10. The highest BCUT2D eigenvalue weighted by molar-refractivity contribution is 5.31. The fourth-order valence-corrected chi connectivity index (χ4v) is 1.95. The molecule has 0 bridgehead atoms. The van der Waals surface area contributed by atoms with Gasteiger partial charge < -0.3 is 10.1 Å². The number of methoxy groups -OCH3 is 1. The van der Waals surface area contributed by atoms with Crippen molar-refractivity contribution in [1.29, 1.82) is 5.26 Å². The lowest BCUT2D eigenvalue weighted by Crippen LogP contribution is -2.25. The van der Waals surface area contributed by atoms with Crippen molar-refractivity contribution in [3.63, 3.8) is 0 Å². The average Bonchev–Trinajstić information content (AvgIpc) is 3.18. The molecule has 1 aromatic carbocycles. The van der Waals surface area contributed by atoms with E-state index < -0.39 is 11.6 Å². The van der Waals surface area contributed by atoms with Crippen LogP contribution in [0.25, 0.3) is 0 Å². The quantitative estimate of drug-likeness (QED) is 0.804. The monoisotopic (exact) mass is 266 g/mol. The Morgan fingerprint density at radius 3 is 2.68 bits per heavy atom. The van der Waals surface area contributed by atoms with Crippen molar-refractivity contribution in [3.05, 3.63) is 29.3 Å². The minimum Gasteiger partial charge on any atom is -0.494 e. The van der Waals surface area contributed by atoms with Crippen LogP contribution in [-0.2, 0) is 6.42 Å². The Bertz CT molecular complexity index is 507. The molecule has 0 aliphatic heterocycles. The van der Waals surface area contributed by atoms with Gasteiger partial charge in [-0.3, -0.25) is 0 Å². The van der Waals surface area contributed by atoms with Gasteiger partial charge in [0.25, 0.3) is 0 Å². The minimum atomic E-state index is -0.561. The lowest BCUT2D eigenvalue weighted by atomic mass is 10.1. The maximum Gasteiger partial charge on any atom is 0.165 e. The molecule has 0 aromatic heterocycles. The zero-order chi connectivity index (χ0) is 13.9. The summed E-state index contributed by atoms with van der Waals surface area (Å²) in [6.07, 6.45) is 2.22. The van der Waals surface area contributed by atoms with E-state index in [4.69, 9.17) is 10.00 Å². The zero-order valence-corrected chi connectivity index (χ0v) is 10.8. The van der Waals surface area contributed by atoms with E-state index in [-0.39, 0.29) is 11.2 Å². The molecule has 102 valence electrons. The molecule has 1 aliphatic rings. The highest BCUT2D eigenvalue weighted by Gasteiger charge is 2.42. The Morgan fingerprint density at radius 1 is 1.37 bits per heavy atom. The number of rotatable bonds is 6. The summed E-state index contributed by atoms with van der Waals surface area (Å²) >= 11 is 0. The van der Waals surface area contributed by atoms with Gasteiger partial charge >= 0.3 is 0 Å². The normalized spacial score (nSPS) is 15.9. The van der Waals surface area contributed by atoms with Gasteiger partial charge in [-0.05, 0) is 37.4 Å². The van der Waals surface area contributed by atoms with Crippen LogP contribution >= 0.6 is 0 Å². The molecule has 1 aliphatic carbocycles. The Hall–Kier alpha value is -1.67. The third kappa shape index (κ3) is 3.21. The van der Waals surface area contributed by atoms with Crippen molar-refractivity contribution in [1.82, 2.24) is 5.32 Å². The zero-order valence-electron chi connectivity index (χ0n) is 10.8. The van der Waals surface area contributed by atoms with Crippen molar-refractivity contribution < 1.29 is 13.5 Å². The molecule has 1 saturated carbocycles. The first-order valence-corrected chi connectivity index (χ1v) is 6.24. The number of ether oxygens (including phenoxy) is 1. The maximum atomic E-state index is 13.6. The number of nitrogens with one attached hydrogen (secondary N) is 1. The molecule has 1 fully saturated rings. The summed E-state index contributed by atoms with van der Waals surface area (Å²) < 4.78 is 31.8. The molecule has 2 rings (SSSR count). The first kappa shape index (κ1) is 13.8. The summed E-state index contributed by atoms with van der Waals surface area (Å²) in [6.45, 7) is 1.13. The van der Waals surface area contributed by atoms with E-state index in [1.165, 1.54) is 7.11 Å². The highest BCUT2D eigenvalue weighted by Crippen LogP contribution is 2.43. The molecule has 1 aromatic rings. The topological polar surface area (TPSA) is 45.0 Å². The Kier molecular flexibility index (Phi) is 4.01. The molecule has 0 spiro atoms. The predicted molar refractivity (Wildman–Crippen MR) is 66.8 cm³/mol. The van der Waals surface area contributed by atoms with Crippen molar-refractivity contribution >= 4 is 0 Å². The number of nitrogens with zero attached hydrogens (tertiary/aromatic N) is 1. The molecule has 3 nitrogen and oxygen atoms in total. The van der Waals surface area contributed by atoms with Gasteiger partial charge in [-0.25, -0.2) is 8.78 Å². The van der Waals surface area contributed by atoms with Crippen LogP contribution < -0.4 is 10.1 Å². The van der Waals surface area contributed by atoms with Crippen molar-refractivity contribution in [3.8, 4) is 11.8 Å². The lowest BCUT2D eigenvalue weighted by molar-refractivity contribution is 0.381. The van der Waals surface area contributed by atoms with Gasteiger partial charge in [-0.2, -0.15) is 5.26 Å².